The summed E-state index contributed by atoms with van der Waals surface area (Å²) in [7, 11) is 3.25. The van der Waals surface area contributed by atoms with Crippen LogP contribution in [0.4, 0.5) is 4.79 Å². The summed E-state index contributed by atoms with van der Waals surface area (Å²) in [5.41, 5.74) is 1.84. The van der Waals surface area contributed by atoms with Crippen LogP contribution in [-0.4, -0.2) is 42.9 Å². The fourth-order valence-corrected chi connectivity index (χ4v) is 11.2. The Kier molecular flexibility index (Phi) is 12.6. The van der Waals surface area contributed by atoms with E-state index in [1.807, 2.05) is 20.8 Å². The van der Waals surface area contributed by atoms with E-state index in [-0.39, 0.29) is 17.5 Å². The molecule has 1 unspecified atom stereocenters. The van der Waals surface area contributed by atoms with Crippen LogP contribution < -0.4 is 0 Å². The number of allylic oxidation sites excluding steroid dienone is 1. The summed E-state index contributed by atoms with van der Waals surface area (Å²) in [6.45, 7) is 18.8. The highest BCUT2D eigenvalue weighted by Gasteiger charge is 2.59. The van der Waals surface area contributed by atoms with E-state index in [1.54, 1.807) is 27.2 Å². The summed E-state index contributed by atoms with van der Waals surface area (Å²) in [5, 5.41) is 0. The van der Waals surface area contributed by atoms with Gasteiger partial charge in [0.2, 0.25) is 0 Å². The highest BCUT2D eigenvalue weighted by Crippen LogP contribution is 2.67. The largest absolute Gasteiger partial charge is 0.508 e. The summed E-state index contributed by atoms with van der Waals surface area (Å²) in [6.07, 6.45) is 15.9. The minimum Gasteiger partial charge on any atom is -0.464 e. The van der Waals surface area contributed by atoms with Crippen LogP contribution in [0.15, 0.2) is 11.6 Å². The SMILES string of the molecule is CC(C)CCC[C@@H](C)C1CC[C@H]2[C@@H]3CC=C4C[C@@H](OC(=O)OCCSSCCOC(=O)C(C)(C)C)CC[C@]4(C)[C@H]3CC[C@]12C. The van der Waals surface area contributed by atoms with Crippen molar-refractivity contribution in [2.45, 2.75) is 132 Å². The standard InChI is InChI=1S/C37H62O5S2/c1-25(2)10-9-11-26(3)30-14-15-31-29-13-12-27-24-28(16-18-36(27,7)32(29)17-19-37(30,31)8)42-34(39)41-21-23-44-43-22-20-40-33(38)35(4,5)6/h12,25-26,28-32H,9-11,13-24H2,1-8H3/t26-,28+,29+,30?,31+,32+,36+,37-/m1/s1. The molecule has 0 amide bonds. The van der Waals surface area contributed by atoms with Crippen LogP contribution in [0, 0.1) is 51.8 Å². The molecule has 0 spiro atoms. The van der Waals surface area contributed by atoms with E-state index in [1.165, 1.54) is 51.4 Å². The van der Waals surface area contributed by atoms with Crippen molar-refractivity contribution in [2.75, 3.05) is 24.7 Å². The van der Waals surface area contributed by atoms with Crippen molar-refractivity contribution in [1.82, 2.24) is 0 Å². The summed E-state index contributed by atoms with van der Waals surface area (Å²) in [5.74, 6) is 6.24. The van der Waals surface area contributed by atoms with Gasteiger partial charge in [-0.25, -0.2) is 4.79 Å². The molecule has 4 aliphatic rings. The van der Waals surface area contributed by atoms with Crippen LogP contribution in [0.5, 0.6) is 0 Å². The lowest BCUT2D eigenvalue weighted by atomic mass is 9.47. The molecule has 3 fully saturated rings. The Bertz CT molecular complexity index is 1000. The van der Waals surface area contributed by atoms with Gasteiger partial charge in [0.15, 0.2) is 0 Å². The monoisotopic (exact) mass is 650 g/mol. The highest BCUT2D eigenvalue weighted by molar-refractivity contribution is 8.76. The van der Waals surface area contributed by atoms with Gasteiger partial charge in [0.05, 0.1) is 5.41 Å². The molecule has 0 aromatic rings. The number of hydrogen-bond donors (Lipinski definition) is 0. The molecular formula is C37H62O5S2. The van der Waals surface area contributed by atoms with Gasteiger partial charge in [-0.05, 0) is 112 Å². The quantitative estimate of drug-likeness (QED) is 0.0850. The third-order valence-electron chi connectivity index (χ3n) is 12.0. The second-order valence-corrected chi connectivity index (χ2v) is 19.1. The van der Waals surface area contributed by atoms with Crippen molar-refractivity contribution in [3.05, 3.63) is 11.6 Å². The Morgan fingerprint density at radius 1 is 0.932 bits per heavy atom. The molecule has 7 heteroatoms. The topological polar surface area (TPSA) is 61.8 Å². The molecule has 3 saturated carbocycles. The zero-order chi connectivity index (χ0) is 32.1. The van der Waals surface area contributed by atoms with E-state index in [4.69, 9.17) is 14.2 Å². The smallest absolute Gasteiger partial charge is 0.464 e. The Morgan fingerprint density at radius 3 is 2.32 bits per heavy atom. The highest BCUT2D eigenvalue weighted by atomic mass is 33.1. The number of ether oxygens (including phenoxy) is 3. The minimum atomic E-state index is -0.537. The predicted molar refractivity (Wildman–Crippen MR) is 185 cm³/mol. The molecule has 0 aromatic heterocycles. The molecule has 0 bridgehead atoms. The van der Waals surface area contributed by atoms with Gasteiger partial charge >= 0.3 is 12.1 Å². The number of carbonyl (C=O) groups is 2. The minimum absolute atomic E-state index is 0.0747. The maximum absolute atomic E-state index is 12.5. The van der Waals surface area contributed by atoms with Crippen LogP contribution in [-0.2, 0) is 19.0 Å². The van der Waals surface area contributed by atoms with Gasteiger partial charge < -0.3 is 14.2 Å². The van der Waals surface area contributed by atoms with Gasteiger partial charge in [-0.2, -0.15) is 0 Å². The van der Waals surface area contributed by atoms with Gasteiger partial charge in [-0.1, -0.05) is 87.1 Å². The average molecular weight is 651 g/mol. The van der Waals surface area contributed by atoms with Gasteiger partial charge in [-0.3, -0.25) is 4.79 Å². The Morgan fingerprint density at radius 2 is 1.64 bits per heavy atom. The molecule has 0 aliphatic heterocycles. The third kappa shape index (κ3) is 8.55. The Hall–Kier alpha value is -0.820. The summed E-state index contributed by atoms with van der Waals surface area (Å²) in [6, 6.07) is 0. The van der Waals surface area contributed by atoms with Crippen LogP contribution in [0.3, 0.4) is 0 Å². The van der Waals surface area contributed by atoms with Crippen molar-refractivity contribution in [1.29, 1.82) is 0 Å². The molecular weight excluding hydrogens is 589 g/mol. The molecule has 0 heterocycles. The second kappa shape index (κ2) is 15.4. The van der Waals surface area contributed by atoms with Crippen LogP contribution in [0.25, 0.3) is 0 Å². The third-order valence-corrected chi connectivity index (χ3v) is 14.3. The summed E-state index contributed by atoms with van der Waals surface area (Å²) < 4.78 is 16.5. The first-order valence-electron chi connectivity index (χ1n) is 17.7. The molecule has 4 aliphatic carbocycles. The molecule has 0 radical (unpaired) electrons. The first-order chi connectivity index (χ1) is 20.8. The number of esters is 1. The second-order valence-electron chi connectivity index (χ2n) is 16.4. The lowest BCUT2D eigenvalue weighted by Gasteiger charge is -2.58. The zero-order valence-corrected chi connectivity index (χ0v) is 30.7. The predicted octanol–water partition coefficient (Wildman–Crippen LogP) is 10.5. The van der Waals surface area contributed by atoms with E-state index in [0.717, 1.165) is 54.8 Å². The van der Waals surface area contributed by atoms with Crippen molar-refractivity contribution in [3.8, 4) is 0 Å². The maximum atomic E-state index is 12.5. The van der Waals surface area contributed by atoms with Gasteiger partial charge in [0.1, 0.15) is 19.3 Å². The first-order valence-corrected chi connectivity index (χ1v) is 20.2. The first kappa shape index (κ1) is 36.0. The molecule has 4 rings (SSSR count). The maximum Gasteiger partial charge on any atom is 0.508 e. The molecule has 5 nitrogen and oxygen atoms in total. The average Bonchev–Trinajstić information content (AvgIpc) is 3.31. The van der Waals surface area contributed by atoms with E-state index in [9.17, 15) is 9.59 Å². The fraction of sp³-hybridized carbons (Fsp3) is 0.892. The van der Waals surface area contributed by atoms with Crippen LogP contribution >= 0.6 is 21.6 Å². The number of carbonyl (C=O) groups excluding carboxylic acids is 2. The molecule has 8 atom stereocenters. The van der Waals surface area contributed by atoms with Crippen molar-refractivity contribution >= 4 is 33.7 Å². The molecule has 0 saturated heterocycles. The van der Waals surface area contributed by atoms with Gasteiger partial charge in [0.25, 0.3) is 0 Å². The van der Waals surface area contributed by atoms with Crippen molar-refractivity contribution in [2.24, 2.45) is 51.8 Å². The van der Waals surface area contributed by atoms with Crippen molar-refractivity contribution < 1.29 is 23.8 Å². The Balaban J connectivity index is 1.20. The van der Waals surface area contributed by atoms with Gasteiger partial charge in [0, 0.05) is 17.9 Å². The number of rotatable bonds is 13. The zero-order valence-electron chi connectivity index (χ0n) is 29.1. The molecule has 0 aromatic carbocycles. The number of hydrogen-bond acceptors (Lipinski definition) is 7. The van der Waals surface area contributed by atoms with E-state index in [2.05, 4.69) is 40.7 Å². The lowest BCUT2D eigenvalue weighted by Crippen LogP contribution is -2.51. The van der Waals surface area contributed by atoms with Crippen molar-refractivity contribution in [3.63, 3.8) is 0 Å². The number of fused-ring (bicyclic) bond motifs is 5. The molecule has 0 N–H and O–H groups in total. The van der Waals surface area contributed by atoms with E-state index < -0.39 is 11.6 Å². The van der Waals surface area contributed by atoms with Crippen LogP contribution in [0.2, 0.25) is 0 Å². The van der Waals surface area contributed by atoms with E-state index in [0.29, 0.717) is 30.1 Å². The summed E-state index contributed by atoms with van der Waals surface area (Å²) in [4.78, 5) is 24.3. The molecule has 44 heavy (non-hydrogen) atoms. The Labute approximate surface area is 276 Å². The molecule has 252 valence electrons. The van der Waals surface area contributed by atoms with E-state index >= 15 is 0 Å². The van der Waals surface area contributed by atoms with Crippen LogP contribution in [0.1, 0.15) is 126 Å². The fourth-order valence-electron chi connectivity index (χ4n) is 9.58. The lowest BCUT2D eigenvalue weighted by molar-refractivity contribution is -0.152. The van der Waals surface area contributed by atoms with Gasteiger partial charge in [-0.15, -0.1) is 0 Å². The normalized spacial score (nSPS) is 33.9. The summed E-state index contributed by atoms with van der Waals surface area (Å²) >= 11 is 0.